The molecule has 1 saturated carbocycles. The van der Waals surface area contributed by atoms with Crippen LogP contribution in [-0.4, -0.2) is 46.6 Å². The zero-order valence-electron chi connectivity index (χ0n) is 19.1. The van der Waals surface area contributed by atoms with E-state index in [1.165, 1.54) is 0 Å². The predicted molar refractivity (Wildman–Crippen MR) is 129 cm³/mol. The van der Waals surface area contributed by atoms with E-state index in [-0.39, 0.29) is 19.1 Å². The number of rotatable bonds is 8. The van der Waals surface area contributed by atoms with E-state index in [9.17, 15) is 24.9 Å². The molecule has 2 atom stereocenters. The third-order valence-electron chi connectivity index (χ3n) is 7.10. The molecule has 0 heterocycles. The summed E-state index contributed by atoms with van der Waals surface area (Å²) in [6, 6.07) is 22.7. The van der Waals surface area contributed by atoms with Crippen LogP contribution >= 0.6 is 0 Å². The number of carbonyl (C=O) groups is 2. The fraction of sp³-hybridized carbons (Fsp3) is 0.286. The largest absolute Gasteiger partial charge is 0.481 e. The highest BCUT2D eigenvalue weighted by Gasteiger charge is 2.51. The summed E-state index contributed by atoms with van der Waals surface area (Å²) in [7, 11) is 0. The van der Waals surface area contributed by atoms with Gasteiger partial charge in [0.2, 0.25) is 0 Å². The second kappa shape index (κ2) is 9.17. The Bertz CT molecular complexity index is 1220. The first kappa shape index (κ1) is 23.1. The number of aliphatic carboxylic acids is 1. The van der Waals surface area contributed by atoms with Crippen LogP contribution in [0.25, 0.3) is 11.1 Å². The van der Waals surface area contributed by atoms with E-state index in [4.69, 9.17) is 4.74 Å². The van der Waals surface area contributed by atoms with E-state index in [1.807, 2.05) is 36.4 Å². The highest BCUT2D eigenvalue weighted by Crippen LogP contribution is 2.49. The summed E-state index contributed by atoms with van der Waals surface area (Å²) in [5, 5.41) is 33.0. The van der Waals surface area contributed by atoms with Crippen LogP contribution in [0.15, 0.2) is 72.8 Å². The van der Waals surface area contributed by atoms with Gasteiger partial charge in [0.15, 0.2) is 0 Å². The van der Waals surface area contributed by atoms with Gasteiger partial charge in [0.05, 0.1) is 5.41 Å². The van der Waals surface area contributed by atoms with Crippen molar-refractivity contribution in [2.24, 2.45) is 0 Å². The van der Waals surface area contributed by atoms with Gasteiger partial charge in [0, 0.05) is 12.5 Å². The van der Waals surface area contributed by atoms with E-state index in [2.05, 4.69) is 17.4 Å². The average molecular weight is 474 g/mol. The Kier molecular flexibility index (Phi) is 6.05. The highest BCUT2D eigenvalue weighted by atomic mass is 16.5. The molecular weight excluding hydrogens is 446 g/mol. The van der Waals surface area contributed by atoms with E-state index < -0.39 is 29.7 Å². The van der Waals surface area contributed by atoms with Crippen molar-refractivity contribution in [1.29, 1.82) is 0 Å². The van der Waals surface area contributed by atoms with E-state index in [1.54, 1.807) is 24.3 Å². The van der Waals surface area contributed by atoms with Gasteiger partial charge in [-0.05, 0) is 46.2 Å². The average Bonchev–Trinajstić information content (AvgIpc) is 3.64. The molecular formula is C28H27NO6. The third-order valence-corrected chi connectivity index (χ3v) is 7.10. The molecule has 1 amide bonds. The van der Waals surface area contributed by atoms with E-state index in [0.29, 0.717) is 24.0 Å². The van der Waals surface area contributed by atoms with Gasteiger partial charge in [-0.2, -0.15) is 0 Å². The van der Waals surface area contributed by atoms with Crippen LogP contribution in [0.5, 0.6) is 0 Å². The number of fused-ring (bicyclic) bond motifs is 3. The van der Waals surface area contributed by atoms with Gasteiger partial charge in [0.25, 0.3) is 0 Å². The van der Waals surface area contributed by atoms with Crippen molar-refractivity contribution in [1.82, 2.24) is 5.32 Å². The lowest BCUT2D eigenvalue weighted by atomic mass is 9.92. The summed E-state index contributed by atoms with van der Waals surface area (Å²) in [4.78, 5) is 24.0. The fourth-order valence-electron chi connectivity index (χ4n) is 4.94. The second-order valence-electron chi connectivity index (χ2n) is 9.23. The highest BCUT2D eigenvalue weighted by molar-refractivity contribution is 5.85. The first-order chi connectivity index (χ1) is 16.9. The molecule has 7 heteroatoms. The number of benzene rings is 3. The number of carboxylic acids is 1. The molecule has 2 unspecified atom stereocenters. The number of carboxylic acid groups (broad SMARTS) is 1. The maximum absolute atomic E-state index is 12.4. The first-order valence-corrected chi connectivity index (χ1v) is 11.7. The SMILES string of the molecule is O=C(NCC(O)C(O)c1cccc(C2(C(=O)O)CC2)c1)OCC1c2ccccc2-c2ccccc21. The first-order valence-electron chi connectivity index (χ1n) is 11.7. The monoisotopic (exact) mass is 473 g/mol. The topological polar surface area (TPSA) is 116 Å². The number of hydrogen-bond donors (Lipinski definition) is 4. The lowest BCUT2D eigenvalue weighted by molar-refractivity contribution is -0.140. The standard InChI is InChI=1S/C28H27NO6/c30-24(25(31)17-6-5-7-18(14-17)28(12-13-28)26(32)33)15-29-27(34)35-16-23-21-10-3-1-8-19(21)20-9-2-4-11-22(20)23/h1-11,14,23-25,30-31H,12-13,15-16H2,(H,29,34)(H,32,33). The Hall–Kier alpha value is -3.68. The zero-order valence-corrected chi connectivity index (χ0v) is 19.1. The fourth-order valence-corrected chi connectivity index (χ4v) is 4.94. The number of ether oxygens (including phenoxy) is 1. The molecule has 2 aliphatic carbocycles. The smallest absolute Gasteiger partial charge is 0.407 e. The molecule has 2 aliphatic rings. The zero-order chi connectivity index (χ0) is 24.6. The number of aliphatic hydroxyl groups excluding tert-OH is 2. The molecule has 3 aromatic carbocycles. The van der Waals surface area contributed by atoms with Gasteiger partial charge in [-0.15, -0.1) is 0 Å². The van der Waals surface area contributed by atoms with Crippen molar-refractivity contribution in [3.8, 4) is 11.1 Å². The van der Waals surface area contributed by atoms with Gasteiger partial charge in [0.1, 0.15) is 18.8 Å². The summed E-state index contributed by atoms with van der Waals surface area (Å²) in [6.45, 7) is -0.0655. The number of carbonyl (C=O) groups excluding carboxylic acids is 1. The Morgan fingerprint density at radius 2 is 1.57 bits per heavy atom. The summed E-state index contributed by atoms with van der Waals surface area (Å²) in [5.74, 6) is -0.961. The van der Waals surface area contributed by atoms with Gasteiger partial charge in [-0.3, -0.25) is 4.79 Å². The molecule has 35 heavy (non-hydrogen) atoms. The Morgan fingerprint density at radius 3 is 2.17 bits per heavy atom. The van der Waals surface area contributed by atoms with Crippen LogP contribution in [0.4, 0.5) is 4.79 Å². The van der Waals surface area contributed by atoms with Crippen LogP contribution in [0.1, 0.15) is 47.1 Å². The minimum atomic E-state index is -1.29. The molecule has 3 aromatic rings. The molecule has 0 saturated heterocycles. The van der Waals surface area contributed by atoms with Crippen LogP contribution in [0.3, 0.4) is 0 Å². The van der Waals surface area contributed by atoms with Crippen LogP contribution in [0.2, 0.25) is 0 Å². The van der Waals surface area contributed by atoms with Crippen molar-refractivity contribution in [2.75, 3.05) is 13.2 Å². The maximum Gasteiger partial charge on any atom is 0.407 e. The Labute approximate surface area is 203 Å². The molecule has 180 valence electrons. The van der Waals surface area contributed by atoms with Crippen molar-refractivity contribution in [3.05, 3.63) is 95.1 Å². The molecule has 0 aliphatic heterocycles. The number of nitrogens with one attached hydrogen (secondary N) is 1. The van der Waals surface area contributed by atoms with Gasteiger partial charge in [-0.25, -0.2) is 4.79 Å². The minimum Gasteiger partial charge on any atom is -0.481 e. The molecule has 7 nitrogen and oxygen atoms in total. The molecule has 4 N–H and O–H groups in total. The van der Waals surface area contributed by atoms with Crippen molar-refractivity contribution >= 4 is 12.1 Å². The quantitative estimate of drug-likeness (QED) is 0.396. The van der Waals surface area contributed by atoms with Gasteiger partial charge < -0.3 is 25.4 Å². The number of aliphatic hydroxyl groups is 2. The normalized spacial score (nSPS) is 17.1. The minimum absolute atomic E-state index is 0.0737. The van der Waals surface area contributed by atoms with E-state index >= 15 is 0 Å². The number of alkyl carbamates (subject to hydrolysis) is 1. The summed E-state index contributed by atoms with van der Waals surface area (Å²) in [5.41, 5.74) is 4.58. The molecule has 0 spiro atoms. The molecule has 0 radical (unpaired) electrons. The van der Waals surface area contributed by atoms with Crippen LogP contribution in [0, 0.1) is 0 Å². The summed E-state index contributed by atoms with van der Waals surface area (Å²) < 4.78 is 5.47. The molecule has 5 rings (SSSR count). The predicted octanol–water partition coefficient (Wildman–Crippen LogP) is 3.74. The lowest BCUT2D eigenvalue weighted by Gasteiger charge is -2.21. The van der Waals surface area contributed by atoms with Gasteiger partial charge >= 0.3 is 12.1 Å². The summed E-state index contributed by atoms with van der Waals surface area (Å²) in [6.07, 6.45) is -2.16. The van der Waals surface area contributed by atoms with Gasteiger partial charge in [-0.1, -0.05) is 72.8 Å². The lowest BCUT2D eigenvalue weighted by Crippen LogP contribution is -2.36. The number of amides is 1. The van der Waals surface area contributed by atoms with Crippen molar-refractivity contribution < 1.29 is 29.6 Å². The van der Waals surface area contributed by atoms with Crippen molar-refractivity contribution in [3.63, 3.8) is 0 Å². The molecule has 1 fully saturated rings. The summed E-state index contributed by atoms with van der Waals surface area (Å²) >= 11 is 0. The Balaban J connectivity index is 1.18. The maximum atomic E-state index is 12.4. The second-order valence-corrected chi connectivity index (χ2v) is 9.23. The molecule has 0 bridgehead atoms. The molecule has 0 aromatic heterocycles. The van der Waals surface area contributed by atoms with E-state index in [0.717, 1.165) is 22.3 Å². The van der Waals surface area contributed by atoms with Crippen LogP contribution < -0.4 is 5.32 Å². The third kappa shape index (κ3) is 4.29. The Morgan fingerprint density at radius 1 is 0.943 bits per heavy atom. The number of hydrogen-bond acceptors (Lipinski definition) is 5. The van der Waals surface area contributed by atoms with Crippen molar-refractivity contribution in [2.45, 2.75) is 36.4 Å². The van der Waals surface area contributed by atoms with Crippen LogP contribution in [-0.2, 0) is 14.9 Å².